The maximum atomic E-state index is 12.2. The van der Waals surface area contributed by atoms with Crippen LogP contribution < -0.4 is 0 Å². The standard InChI is InChI=1S/C15H13BrOS/c16-15-7-6-11(18-15)8-14(17)13-9-12(13)10-4-2-1-3-5-10/h1-7,12-13H,8-9H2. The second kappa shape index (κ2) is 4.98. The average Bonchev–Trinajstić information content (AvgIpc) is 3.09. The van der Waals surface area contributed by atoms with Gasteiger partial charge < -0.3 is 0 Å². The second-order valence-corrected chi connectivity index (χ2v) is 7.26. The van der Waals surface area contributed by atoms with Crippen LogP contribution in [0.5, 0.6) is 0 Å². The van der Waals surface area contributed by atoms with Gasteiger partial charge in [-0.25, -0.2) is 0 Å². The molecule has 0 spiro atoms. The van der Waals surface area contributed by atoms with E-state index >= 15 is 0 Å². The lowest BCUT2D eigenvalue weighted by Crippen LogP contribution is -2.05. The van der Waals surface area contributed by atoms with Crippen molar-refractivity contribution >= 4 is 33.0 Å². The number of thiophene rings is 1. The Hall–Kier alpha value is -0.930. The third-order valence-electron chi connectivity index (χ3n) is 3.41. The molecule has 1 aromatic carbocycles. The third kappa shape index (κ3) is 2.57. The van der Waals surface area contributed by atoms with Gasteiger partial charge >= 0.3 is 0 Å². The first-order valence-corrected chi connectivity index (χ1v) is 7.67. The monoisotopic (exact) mass is 320 g/mol. The molecule has 1 heterocycles. The van der Waals surface area contributed by atoms with Crippen LogP contribution >= 0.6 is 27.3 Å². The van der Waals surface area contributed by atoms with Crippen molar-refractivity contribution in [3.8, 4) is 0 Å². The maximum Gasteiger partial charge on any atom is 0.141 e. The molecule has 0 amide bonds. The molecule has 1 fully saturated rings. The zero-order valence-electron chi connectivity index (χ0n) is 9.80. The van der Waals surface area contributed by atoms with Crippen molar-refractivity contribution in [3.63, 3.8) is 0 Å². The van der Waals surface area contributed by atoms with E-state index in [1.165, 1.54) is 5.56 Å². The van der Waals surface area contributed by atoms with Crippen LogP contribution in [0.3, 0.4) is 0 Å². The Bertz CT molecular complexity index is 561. The molecule has 1 aliphatic rings. The molecule has 2 atom stereocenters. The van der Waals surface area contributed by atoms with Crippen molar-refractivity contribution in [1.29, 1.82) is 0 Å². The van der Waals surface area contributed by atoms with Crippen molar-refractivity contribution in [2.45, 2.75) is 18.8 Å². The molecule has 2 aromatic rings. The molecular weight excluding hydrogens is 308 g/mol. The van der Waals surface area contributed by atoms with E-state index in [0.717, 1.165) is 15.1 Å². The summed E-state index contributed by atoms with van der Waals surface area (Å²) in [5.74, 6) is 1.09. The minimum absolute atomic E-state index is 0.244. The molecule has 0 saturated heterocycles. The lowest BCUT2D eigenvalue weighted by atomic mass is 10.1. The number of Topliss-reactive ketones (excluding diaryl/α,β-unsaturated/α-hetero) is 1. The molecule has 0 bridgehead atoms. The van der Waals surface area contributed by atoms with Gasteiger partial charge in [0.2, 0.25) is 0 Å². The van der Waals surface area contributed by atoms with Crippen LogP contribution in [0.15, 0.2) is 46.3 Å². The highest BCUT2D eigenvalue weighted by molar-refractivity contribution is 9.11. The lowest BCUT2D eigenvalue weighted by Gasteiger charge is -1.99. The van der Waals surface area contributed by atoms with Gasteiger partial charge in [0.05, 0.1) is 3.79 Å². The van der Waals surface area contributed by atoms with Crippen LogP contribution in [-0.2, 0) is 11.2 Å². The Morgan fingerprint density at radius 3 is 2.67 bits per heavy atom. The zero-order valence-corrected chi connectivity index (χ0v) is 12.2. The van der Waals surface area contributed by atoms with Gasteiger partial charge in [-0.05, 0) is 46.0 Å². The molecule has 0 aliphatic heterocycles. The smallest absolute Gasteiger partial charge is 0.141 e. The van der Waals surface area contributed by atoms with Crippen LogP contribution in [0.4, 0.5) is 0 Å². The first-order chi connectivity index (χ1) is 8.74. The molecule has 1 aromatic heterocycles. The summed E-state index contributed by atoms with van der Waals surface area (Å²) in [7, 11) is 0. The van der Waals surface area contributed by atoms with Gasteiger partial charge in [0.1, 0.15) is 5.78 Å². The van der Waals surface area contributed by atoms with E-state index in [9.17, 15) is 4.79 Å². The number of hydrogen-bond acceptors (Lipinski definition) is 2. The molecule has 2 unspecified atom stereocenters. The Morgan fingerprint density at radius 2 is 2.00 bits per heavy atom. The molecule has 1 aliphatic carbocycles. The van der Waals surface area contributed by atoms with Crippen LogP contribution in [0, 0.1) is 5.92 Å². The number of rotatable bonds is 4. The molecule has 3 rings (SSSR count). The molecule has 0 N–H and O–H groups in total. The average molecular weight is 321 g/mol. The highest BCUT2D eigenvalue weighted by Crippen LogP contribution is 2.48. The number of hydrogen-bond donors (Lipinski definition) is 0. The Morgan fingerprint density at radius 1 is 1.22 bits per heavy atom. The van der Waals surface area contributed by atoms with Crippen LogP contribution in [0.2, 0.25) is 0 Å². The molecule has 3 heteroatoms. The van der Waals surface area contributed by atoms with Crippen LogP contribution in [0.25, 0.3) is 0 Å². The van der Waals surface area contributed by atoms with E-state index in [-0.39, 0.29) is 5.92 Å². The molecule has 18 heavy (non-hydrogen) atoms. The Kier molecular flexibility index (Phi) is 3.35. The van der Waals surface area contributed by atoms with Crippen molar-refractivity contribution < 1.29 is 4.79 Å². The van der Waals surface area contributed by atoms with Gasteiger partial charge in [-0.15, -0.1) is 11.3 Å². The minimum Gasteiger partial charge on any atom is -0.299 e. The van der Waals surface area contributed by atoms with Crippen LogP contribution in [0.1, 0.15) is 22.8 Å². The fraction of sp³-hybridized carbons (Fsp3) is 0.267. The summed E-state index contributed by atoms with van der Waals surface area (Å²) in [5.41, 5.74) is 1.31. The summed E-state index contributed by atoms with van der Waals surface area (Å²) in [6.07, 6.45) is 1.61. The summed E-state index contributed by atoms with van der Waals surface area (Å²) in [5, 5.41) is 0. The number of carbonyl (C=O) groups excluding carboxylic acids is 1. The minimum atomic E-state index is 0.244. The highest BCUT2D eigenvalue weighted by Gasteiger charge is 2.43. The van der Waals surface area contributed by atoms with Gasteiger partial charge in [-0.2, -0.15) is 0 Å². The summed E-state index contributed by atoms with van der Waals surface area (Å²) >= 11 is 5.08. The summed E-state index contributed by atoms with van der Waals surface area (Å²) < 4.78 is 1.10. The molecular formula is C15H13BrOS. The van der Waals surface area contributed by atoms with E-state index in [0.29, 0.717) is 18.1 Å². The normalized spacial score (nSPS) is 21.8. The third-order valence-corrected chi connectivity index (χ3v) is 5.03. The molecule has 92 valence electrons. The Balaban J connectivity index is 1.63. The first kappa shape index (κ1) is 12.1. The highest BCUT2D eigenvalue weighted by atomic mass is 79.9. The predicted molar refractivity (Wildman–Crippen MR) is 78.0 cm³/mol. The second-order valence-electron chi connectivity index (χ2n) is 4.71. The quantitative estimate of drug-likeness (QED) is 0.814. The maximum absolute atomic E-state index is 12.2. The van der Waals surface area contributed by atoms with E-state index in [1.54, 1.807) is 11.3 Å². The summed E-state index contributed by atoms with van der Waals surface area (Å²) in [6.45, 7) is 0. The van der Waals surface area contributed by atoms with E-state index in [2.05, 4.69) is 28.1 Å². The fourth-order valence-corrected chi connectivity index (χ4v) is 3.86. The van der Waals surface area contributed by atoms with Gasteiger partial charge in [-0.3, -0.25) is 4.79 Å². The number of halogens is 1. The molecule has 1 nitrogen and oxygen atoms in total. The van der Waals surface area contributed by atoms with Gasteiger partial charge in [0.25, 0.3) is 0 Å². The number of carbonyl (C=O) groups is 1. The number of ketones is 1. The van der Waals surface area contributed by atoms with Crippen molar-refractivity contribution in [1.82, 2.24) is 0 Å². The van der Waals surface area contributed by atoms with E-state index in [4.69, 9.17) is 0 Å². The SMILES string of the molecule is O=C(Cc1ccc(Br)s1)C1CC1c1ccccc1. The molecule has 0 radical (unpaired) electrons. The predicted octanol–water partition coefficient (Wildman–Crippen LogP) is 4.43. The van der Waals surface area contributed by atoms with E-state index < -0.39 is 0 Å². The van der Waals surface area contributed by atoms with Crippen molar-refractivity contribution in [2.24, 2.45) is 5.92 Å². The van der Waals surface area contributed by atoms with E-state index in [1.807, 2.05) is 30.3 Å². The van der Waals surface area contributed by atoms with Gasteiger partial charge in [0, 0.05) is 17.2 Å². The summed E-state index contributed by atoms with van der Waals surface area (Å²) in [4.78, 5) is 13.3. The summed E-state index contributed by atoms with van der Waals surface area (Å²) in [6, 6.07) is 14.4. The first-order valence-electron chi connectivity index (χ1n) is 6.06. The van der Waals surface area contributed by atoms with Crippen LogP contribution in [-0.4, -0.2) is 5.78 Å². The Labute approximate surface area is 119 Å². The van der Waals surface area contributed by atoms with Gasteiger partial charge in [-0.1, -0.05) is 30.3 Å². The number of benzene rings is 1. The largest absolute Gasteiger partial charge is 0.299 e. The van der Waals surface area contributed by atoms with Crippen molar-refractivity contribution in [2.75, 3.05) is 0 Å². The topological polar surface area (TPSA) is 17.1 Å². The fourth-order valence-electron chi connectivity index (χ4n) is 2.37. The lowest BCUT2D eigenvalue weighted by molar-refractivity contribution is -0.119. The van der Waals surface area contributed by atoms with Crippen molar-refractivity contribution in [3.05, 3.63) is 56.7 Å². The molecule has 1 saturated carbocycles. The zero-order chi connectivity index (χ0) is 12.5. The van der Waals surface area contributed by atoms with Gasteiger partial charge in [0.15, 0.2) is 0 Å².